The molecule has 1 saturated carbocycles. The summed E-state index contributed by atoms with van der Waals surface area (Å²) in [5.41, 5.74) is 7.24. The van der Waals surface area contributed by atoms with Gasteiger partial charge in [0.05, 0.1) is 11.5 Å². The quantitative estimate of drug-likeness (QED) is 0.714. The zero-order valence-corrected chi connectivity index (χ0v) is 16.9. The van der Waals surface area contributed by atoms with Gasteiger partial charge in [0.1, 0.15) is 0 Å². The molecule has 0 aromatic heterocycles. The summed E-state index contributed by atoms with van der Waals surface area (Å²) in [6.45, 7) is 18.0. The lowest BCUT2D eigenvalue weighted by Gasteiger charge is -2.27. The number of carbonyl (C=O) groups excluding carboxylic acids is 2. The van der Waals surface area contributed by atoms with Gasteiger partial charge in [-0.25, -0.2) is 10.2 Å². The minimum absolute atomic E-state index is 0.0719. The summed E-state index contributed by atoms with van der Waals surface area (Å²) in [4.78, 5) is 24.6. The maximum absolute atomic E-state index is 12.3. The minimum Gasteiger partial charge on any atom is -0.328 e. The highest BCUT2D eigenvalue weighted by Crippen LogP contribution is 2.68. The Hall–Kier alpha value is -2.30. The number of nitrogens with one attached hydrogen (secondary N) is 3. The number of rotatable bonds is 4. The van der Waals surface area contributed by atoms with Crippen LogP contribution in [0.4, 0.5) is 4.79 Å². The number of benzene rings is 1. The van der Waals surface area contributed by atoms with E-state index >= 15 is 0 Å². The van der Waals surface area contributed by atoms with Crippen LogP contribution in [0.25, 0.3) is 5.57 Å². The molecule has 5 nitrogen and oxygen atoms in total. The molecule has 3 N–H and O–H groups in total. The second-order valence-corrected chi connectivity index (χ2v) is 8.93. The number of hydrogen-bond acceptors (Lipinski definition) is 2. The molecular formula is C21H31N3O2. The van der Waals surface area contributed by atoms with Gasteiger partial charge in [-0.2, -0.15) is 0 Å². The average molecular weight is 357 g/mol. The van der Waals surface area contributed by atoms with Gasteiger partial charge < -0.3 is 5.32 Å². The highest BCUT2D eigenvalue weighted by Gasteiger charge is 2.68. The summed E-state index contributed by atoms with van der Waals surface area (Å²) in [5.74, 6) is -0.271. The maximum Gasteiger partial charge on any atom is 0.334 e. The molecule has 1 aromatic rings. The van der Waals surface area contributed by atoms with Gasteiger partial charge in [-0.1, -0.05) is 58.0 Å². The average Bonchev–Trinajstić information content (AvgIpc) is 2.94. The van der Waals surface area contributed by atoms with Gasteiger partial charge in [-0.15, -0.1) is 0 Å². The van der Waals surface area contributed by atoms with Crippen molar-refractivity contribution in [2.24, 2.45) is 16.7 Å². The number of allylic oxidation sites excluding steroid dienone is 1. The largest absolute Gasteiger partial charge is 0.334 e. The van der Waals surface area contributed by atoms with Crippen molar-refractivity contribution < 1.29 is 9.59 Å². The van der Waals surface area contributed by atoms with Crippen molar-refractivity contribution in [3.63, 3.8) is 0 Å². The molecule has 0 unspecified atom stereocenters. The molecule has 1 aliphatic rings. The maximum atomic E-state index is 12.3. The van der Waals surface area contributed by atoms with Crippen LogP contribution in [0.1, 0.15) is 59.6 Å². The molecule has 26 heavy (non-hydrogen) atoms. The summed E-state index contributed by atoms with van der Waals surface area (Å²) in [5, 5.41) is 2.90. The van der Waals surface area contributed by atoms with E-state index < -0.39 is 11.6 Å². The van der Waals surface area contributed by atoms with E-state index in [2.05, 4.69) is 50.4 Å². The lowest BCUT2D eigenvalue weighted by molar-refractivity contribution is -0.124. The van der Waals surface area contributed by atoms with Crippen molar-refractivity contribution in [3.05, 3.63) is 42.0 Å². The van der Waals surface area contributed by atoms with Crippen LogP contribution in [0.15, 0.2) is 30.8 Å². The van der Waals surface area contributed by atoms with Crippen molar-refractivity contribution in [1.82, 2.24) is 16.2 Å². The van der Waals surface area contributed by atoms with E-state index in [0.717, 1.165) is 16.7 Å². The van der Waals surface area contributed by atoms with E-state index in [1.54, 1.807) is 0 Å². The molecule has 0 atom stereocenters. The second-order valence-electron chi connectivity index (χ2n) is 8.93. The fraction of sp³-hybridized carbons (Fsp3) is 0.524. The van der Waals surface area contributed by atoms with Gasteiger partial charge >= 0.3 is 6.03 Å². The van der Waals surface area contributed by atoms with Crippen LogP contribution < -0.4 is 16.2 Å². The normalized spacial score (nSPS) is 18.0. The molecule has 3 amide bonds. The highest BCUT2D eigenvalue weighted by atomic mass is 16.2. The first-order valence-electron chi connectivity index (χ1n) is 8.95. The van der Waals surface area contributed by atoms with Crippen molar-refractivity contribution in [2.75, 3.05) is 0 Å². The Bertz CT molecular complexity index is 733. The highest BCUT2D eigenvalue weighted by molar-refractivity contribution is 5.86. The topological polar surface area (TPSA) is 70.2 Å². The molecule has 0 heterocycles. The Labute approximate surface area is 156 Å². The van der Waals surface area contributed by atoms with Gasteiger partial charge in [0.25, 0.3) is 0 Å². The number of hydrazine groups is 1. The molecule has 0 radical (unpaired) electrons. The molecule has 2 rings (SSSR count). The minimum atomic E-state index is -0.599. The standard InChI is InChI=1S/C21H31N3O2/c1-13(2)14-10-9-11-15(12-14)21(7,8)22-18(26)24-23-17(25)16-19(3,4)20(16,5)6/h9-12,16H,1H2,2-8H3,(H,23,25)(H2,22,24,26). The molecule has 1 fully saturated rings. The monoisotopic (exact) mass is 357 g/mol. The first-order chi connectivity index (χ1) is 11.8. The first kappa shape index (κ1) is 20.0. The molecule has 5 heteroatoms. The van der Waals surface area contributed by atoms with Gasteiger partial charge in [0.15, 0.2) is 0 Å². The van der Waals surface area contributed by atoms with Crippen molar-refractivity contribution in [2.45, 2.75) is 54.0 Å². The zero-order valence-electron chi connectivity index (χ0n) is 16.9. The third-order valence-electron chi connectivity index (χ3n) is 6.09. The van der Waals surface area contributed by atoms with Gasteiger partial charge in [0.2, 0.25) is 5.91 Å². The summed E-state index contributed by atoms with van der Waals surface area (Å²) < 4.78 is 0. The number of amides is 3. The zero-order chi connectivity index (χ0) is 19.9. The van der Waals surface area contributed by atoms with Crippen LogP contribution in [-0.4, -0.2) is 11.9 Å². The van der Waals surface area contributed by atoms with Crippen molar-refractivity contribution >= 4 is 17.5 Å². The van der Waals surface area contributed by atoms with E-state index in [1.165, 1.54) is 0 Å². The van der Waals surface area contributed by atoms with Gasteiger partial charge in [-0.05, 0) is 48.8 Å². The molecular weight excluding hydrogens is 326 g/mol. The van der Waals surface area contributed by atoms with Crippen LogP contribution in [0.3, 0.4) is 0 Å². The Morgan fingerprint density at radius 2 is 1.65 bits per heavy atom. The predicted octanol–water partition coefficient (Wildman–Crippen LogP) is 3.97. The van der Waals surface area contributed by atoms with E-state index in [-0.39, 0.29) is 22.7 Å². The van der Waals surface area contributed by atoms with Gasteiger partial charge in [0, 0.05) is 0 Å². The van der Waals surface area contributed by atoms with Crippen molar-refractivity contribution in [1.29, 1.82) is 0 Å². The number of hydrogen-bond donors (Lipinski definition) is 3. The third-order valence-corrected chi connectivity index (χ3v) is 6.09. The second kappa shape index (κ2) is 6.45. The molecule has 0 bridgehead atoms. The van der Waals surface area contributed by atoms with Crippen LogP contribution >= 0.6 is 0 Å². The lowest BCUT2D eigenvalue weighted by Crippen LogP contribution is -2.52. The number of carbonyl (C=O) groups is 2. The Kier molecular flexibility index (Phi) is 4.97. The molecule has 1 aliphatic carbocycles. The molecule has 1 aromatic carbocycles. The molecule has 0 spiro atoms. The van der Waals surface area contributed by atoms with Crippen LogP contribution in [0.5, 0.6) is 0 Å². The predicted molar refractivity (Wildman–Crippen MR) is 105 cm³/mol. The molecule has 0 aliphatic heterocycles. The van der Waals surface area contributed by atoms with Gasteiger partial charge in [-0.3, -0.25) is 10.2 Å². The fourth-order valence-electron chi connectivity index (χ4n) is 3.60. The van der Waals surface area contributed by atoms with Crippen molar-refractivity contribution in [3.8, 4) is 0 Å². The van der Waals surface area contributed by atoms with E-state index in [0.29, 0.717) is 0 Å². The summed E-state index contributed by atoms with van der Waals surface area (Å²) in [7, 11) is 0. The van der Waals surface area contributed by atoms with Crippen LogP contribution in [0, 0.1) is 16.7 Å². The fourth-order valence-corrected chi connectivity index (χ4v) is 3.60. The smallest absolute Gasteiger partial charge is 0.328 e. The summed E-state index contributed by atoms with van der Waals surface area (Å²) in [6, 6.07) is 7.46. The Morgan fingerprint density at radius 1 is 1.08 bits per heavy atom. The molecule has 142 valence electrons. The van der Waals surface area contributed by atoms with Crippen LogP contribution in [0.2, 0.25) is 0 Å². The lowest BCUT2D eigenvalue weighted by atomic mass is 9.92. The first-order valence-corrected chi connectivity index (χ1v) is 8.95. The van der Waals surface area contributed by atoms with E-state index in [4.69, 9.17) is 0 Å². The Morgan fingerprint density at radius 3 is 2.15 bits per heavy atom. The Balaban J connectivity index is 1.96. The summed E-state index contributed by atoms with van der Waals surface area (Å²) in [6.07, 6.45) is 0. The van der Waals surface area contributed by atoms with E-state index in [9.17, 15) is 9.59 Å². The number of urea groups is 1. The summed E-state index contributed by atoms with van der Waals surface area (Å²) >= 11 is 0. The molecule has 0 saturated heterocycles. The van der Waals surface area contributed by atoms with Crippen LogP contribution in [-0.2, 0) is 10.3 Å². The van der Waals surface area contributed by atoms with E-state index in [1.807, 2.05) is 45.0 Å². The third kappa shape index (κ3) is 3.62. The SMILES string of the molecule is C=C(C)c1cccc(C(C)(C)NC(=O)NNC(=O)C2C(C)(C)C2(C)C)c1.